The normalized spacial score (nSPS) is 15.6. The van der Waals surface area contributed by atoms with Crippen LogP contribution in [0.15, 0.2) is 39.8 Å². The first-order valence-electron chi connectivity index (χ1n) is 8.92. The van der Waals surface area contributed by atoms with E-state index in [1.165, 1.54) is 25.0 Å². The quantitative estimate of drug-likeness (QED) is 0.767. The van der Waals surface area contributed by atoms with Crippen LogP contribution in [-0.2, 0) is 26.8 Å². The molecule has 0 bridgehead atoms. The van der Waals surface area contributed by atoms with Gasteiger partial charge in [0.2, 0.25) is 11.8 Å². The number of amides is 1. The third kappa shape index (κ3) is 4.91. The Hall–Kier alpha value is -2.22. The Balaban J connectivity index is 1.55. The van der Waals surface area contributed by atoms with Crippen molar-refractivity contribution in [3.8, 4) is 0 Å². The first-order valence-corrected chi connectivity index (χ1v) is 10.6. The Bertz CT molecular complexity index is 825. The Labute approximate surface area is 153 Å². The summed E-state index contributed by atoms with van der Waals surface area (Å²) in [6.07, 6.45) is 5.07. The fourth-order valence-corrected chi connectivity index (χ4v) is 4.22. The van der Waals surface area contributed by atoms with Crippen LogP contribution in [0, 0.1) is 0 Å². The Morgan fingerprint density at radius 2 is 1.77 bits per heavy atom. The Kier molecular flexibility index (Phi) is 6.03. The van der Waals surface area contributed by atoms with E-state index < -0.39 is 9.84 Å². The summed E-state index contributed by atoms with van der Waals surface area (Å²) < 4.78 is 29.8. The second-order valence-corrected chi connectivity index (χ2v) is 8.46. The second kappa shape index (κ2) is 8.44. The van der Waals surface area contributed by atoms with Crippen molar-refractivity contribution in [1.29, 1.82) is 0 Å². The molecule has 1 amide bonds. The maximum Gasteiger partial charge on any atom is 0.227 e. The van der Waals surface area contributed by atoms with Crippen molar-refractivity contribution in [3.63, 3.8) is 0 Å². The lowest BCUT2D eigenvalue weighted by Gasteiger charge is -2.19. The molecule has 1 aliphatic rings. The Morgan fingerprint density at radius 3 is 2.46 bits per heavy atom. The third-order valence-electron chi connectivity index (χ3n) is 4.44. The number of hydrogen-bond donors (Lipinski definition) is 0. The number of carbonyl (C=O) groups excluding carboxylic acids is 1. The summed E-state index contributed by atoms with van der Waals surface area (Å²) in [6, 6.07) is 8.17. The monoisotopic (exact) mass is 377 g/mol. The molecule has 7 nitrogen and oxygen atoms in total. The summed E-state index contributed by atoms with van der Waals surface area (Å²) in [5, 5.41) is 3.74. The van der Waals surface area contributed by atoms with E-state index in [4.69, 9.17) is 4.52 Å². The van der Waals surface area contributed by atoms with E-state index in [1.54, 1.807) is 18.2 Å². The lowest BCUT2D eigenvalue weighted by Crippen LogP contribution is -2.31. The summed E-state index contributed by atoms with van der Waals surface area (Å²) in [7, 11) is -3.51. The number of rotatable bonds is 6. The predicted molar refractivity (Wildman–Crippen MR) is 95.0 cm³/mol. The molecule has 2 heterocycles. The van der Waals surface area contributed by atoms with Crippen LogP contribution < -0.4 is 0 Å². The molecule has 0 saturated carbocycles. The molecule has 0 unspecified atom stereocenters. The van der Waals surface area contributed by atoms with Gasteiger partial charge in [-0.25, -0.2) is 8.42 Å². The lowest BCUT2D eigenvalue weighted by atomic mass is 10.2. The molecule has 26 heavy (non-hydrogen) atoms. The van der Waals surface area contributed by atoms with Gasteiger partial charge in [-0.1, -0.05) is 36.2 Å². The van der Waals surface area contributed by atoms with E-state index in [0.29, 0.717) is 18.7 Å². The van der Waals surface area contributed by atoms with Crippen molar-refractivity contribution in [2.24, 2.45) is 0 Å². The molecule has 1 fully saturated rings. The number of carbonyl (C=O) groups is 1. The molecule has 140 valence electrons. The zero-order valence-electron chi connectivity index (χ0n) is 14.6. The van der Waals surface area contributed by atoms with Crippen LogP contribution in [0.1, 0.15) is 43.8 Å². The zero-order chi connectivity index (χ0) is 18.4. The predicted octanol–water partition coefficient (Wildman–Crippen LogP) is 2.38. The van der Waals surface area contributed by atoms with Crippen molar-refractivity contribution < 1.29 is 17.7 Å². The molecule has 3 rings (SSSR count). The van der Waals surface area contributed by atoms with Crippen LogP contribution in [0.25, 0.3) is 0 Å². The standard InChI is InChI=1S/C18H23N3O4S/c22-18(21-12-6-1-2-7-13-21)11-10-17-19-16(20-25-17)14-26(23,24)15-8-4-3-5-9-15/h3-5,8-9H,1-2,6-7,10-14H2. The number of nitrogens with zero attached hydrogens (tertiary/aromatic N) is 3. The molecule has 0 spiro atoms. The van der Waals surface area contributed by atoms with Crippen molar-refractivity contribution >= 4 is 15.7 Å². The highest BCUT2D eigenvalue weighted by Crippen LogP contribution is 2.15. The highest BCUT2D eigenvalue weighted by molar-refractivity contribution is 7.90. The van der Waals surface area contributed by atoms with Gasteiger partial charge in [0.25, 0.3) is 0 Å². The van der Waals surface area contributed by atoms with Crippen molar-refractivity contribution in [2.75, 3.05) is 13.1 Å². The molecule has 0 aliphatic carbocycles. The van der Waals surface area contributed by atoms with Crippen LogP contribution in [-0.4, -0.2) is 42.5 Å². The first-order chi connectivity index (χ1) is 12.5. The number of likely N-dealkylation sites (tertiary alicyclic amines) is 1. The van der Waals surface area contributed by atoms with E-state index in [9.17, 15) is 13.2 Å². The summed E-state index contributed by atoms with van der Waals surface area (Å²) >= 11 is 0. The highest BCUT2D eigenvalue weighted by atomic mass is 32.2. The first kappa shape index (κ1) is 18.6. The van der Waals surface area contributed by atoms with Gasteiger partial charge in [0.1, 0.15) is 5.75 Å². The van der Waals surface area contributed by atoms with Gasteiger partial charge in [-0.05, 0) is 25.0 Å². The minimum atomic E-state index is -3.51. The summed E-state index contributed by atoms with van der Waals surface area (Å²) in [5.41, 5.74) is 0. The van der Waals surface area contributed by atoms with Crippen molar-refractivity contribution in [3.05, 3.63) is 42.0 Å². The summed E-state index contributed by atoms with van der Waals surface area (Å²) in [5.74, 6) is 0.182. The minimum Gasteiger partial charge on any atom is -0.343 e. The average Bonchev–Trinajstić information content (AvgIpc) is 2.90. The van der Waals surface area contributed by atoms with Gasteiger partial charge < -0.3 is 9.42 Å². The third-order valence-corrected chi connectivity index (χ3v) is 6.07. The molecule has 1 aliphatic heterocycles. The molecule has 0 atom stereocenters. The van der Waals surface area contributed by atoms with E-state index in [0.717, 1.165) is 25.9 Å². The van der Waals surface area contributed by atoms with Gasteiger partial charge in [-0.15, -0.1) is 0 Å². The Morgan fingerprint density at radius 1 is 1.08 bits per heavy atom. The highest BCUT2D eigenvalue weighted by Gasteiger charge is 2.20. The maximum absolute atomic E-state index is 12.3. The molecule has 1 saturated heterocycles. The maximum atomic E-state index is 12.3. The number of benzene rings is 1. The van der Waals surface area contributed by atoms with Crippen LogP contribution in [0.5, 0.6) is 0 Å². The molecule has 1 aromatic carbocycles. The molecule has 1 aromatic heterocycles. The molecule has 0 N–H and O–H groups in total. The number of aromatic nitrogens is 2. The largest absolute Gasteiger partial charge is 0.343 e. The van der Waals surface area contributed by atoms with Crippen LogP contribution in [0.2, 0.25) is 0 Å². The van der Waals surface area contributed by atoms with Crippen molar-refractivity contribution in [1.82, 2.24) is 15.0 Å². The SMILES string of the molecule is O=C(CCc1nc(CS(=O)(=O)c2ccccc2)no1)N1CCCCCC1. The molecule has 8 heteroatoms. The van der Waals surface area contributed by atoms with Crippen LogP contribution in [0.3, 0.4) is 0 Å². The molecular weight excluding hydrogens is 354 g/mol. The van der Waals surface area contributed by atoms with Crippen LogP contribution >= 0.6 is 0 Å². The smallest absolute Gasteiger partial charge is 0.227 e. The van der Waals surface area contributed by atoms with Gasteiger partial charge in [0.05, 0.1) is 4.90 Å². The van der Waals surface area contributed by atoms with E-state index in [1.807, 2.05) is 4.90 Å². The fourth-order valence-electron chi connectivity index (χ4n) is 3.02. The average molecular weight is 377 g/mol. The number of aryl methyl sites for hydroxylation is 1. The van der Waals surface area contributed by atoms with Gasteiger partial charge in [-0.2, -0.15) is 4.98 Å². The zero-order valence-corrected chi connectivity index (χ0v) is 15.5. The van der Waals surface area contributed by atoms with E-state index in [2.05, 4.69) is 10.1 Å². The summed E-state index contributed by atoms with van der Waals surface area (Å²) in [4.78, 5) is 18.5. The second-order valence-electron chi connectivity index (χ2n) is 6.47. The topological polar surface area (TPSA) is 93.4 Å². The number of sulfone groups is 1. The van der Waals surface area contributed by atoms with Gasteiger partial charge >= 0.3 is 0 Å². The molecule has 2 aromatic rings. The van der Waals surface area contributed by atoms with Gasteiger partial charge in [-0.3, -0.25) is 4.79 Å². The van der Waals surface area contributed by atoms with E-state index >= 15 is 0 Å². The van der Waals surface area contributed by atoms with Gasteiger partial charge in [0.15, 0.2) is 15.7 Å². The molecular formula is C18H23N3O4S. The fraction of sp³-hybridized carbons (Fsp3) is 0.500. The van der Waals surface area contributed by atoms with Crippen LogP contribution in [0.4, 0.5) is 0 Å². The van der Waals surface area contributed by atoms with E-state index in [-0.39, 0.29) is 22.4 Å². The summed E-state index contributed by atoms with van der Waals surface area (Å²) in [6.45, 7) is 1.62. The lowest BCUT2D eigenvalue weighted by molar-refractivity contribution is -0.131. The van der Waals surface area contributed by atoms with Gasteiger partial charge in [0, 0.05) is 25.9 Å². The minimum absolute atomic E-state index is 0.0866. The number of hydrogen-bond acceptors (Lipinski definition) is 6. The van der Waals surface area contributed by atoms with Crippen molar-refractivity contribution in [2.45, 2.75) is 49.2 Å². The molecule has 0 radical (unpaired) electrons.